The fourth-order valence-corrected chi connectivity index (χ4v) is 4.93. The molecular formula is C18H19ClF4N6O5. The number of guanidine groups is 2. The lowest BCUT2D eigenvalue weighted by molar-refractivity contribution is -0.228. The highest BCUT2D eigenvalue weighted by Gasteiger charge is 2.75. The van der Waals surface area contributed by atoms with E-state index >= 15 is 0 Å². The molecule has 0 aromatic heterocycles. The molecule has 7 N–H and O–H groups in total. The molecule has 0 bridgehead atoms. The fourth-order valence-electron chi connectivity index (χ4n) is 4.77. The highest BCUT2D eigenvalue weighted by molar-refractivity contribution is 6.31. The van der Waals surface area contributed by atoms with Gasteiger partial charge in [0.1, 0.15) is 23.2 Å². The second-order valence-electron chi connectivity index (χ2n) is 8.14. The van der Waals surface area contributed by atoms with Crippen LogP contribution in [-0.4, -0.2) is 85.9 Å². The van der Waals surface area contributed by atoms with Crippen molar-refractivity contribution in [3.05, 3.63) is 34.1 Å². The summed E-state index contributed by atoms with van der Waals surface area (Å²) in [6.07, 6.45) is -6.82. The number of hydroxylamine groups is 2. The molecule has 3 aliphatic rings. The number of benzene rings is 1. The first-order valence-electron chi connectivity index (χ1n) is 9.72. The van der Waals surface area contributed by atoms with E-state index in [2.05, 4.69) is 9.98 Å². The van der Waals surface area contributed by atoms with E-state index in [1.165, 1.54) is 0 Å². The summed E-state index contributed by atoms with van der Waals surface area (Å²) in [5.41, 5.74) is 4.20. The minimum Gasteiger partial charge on any atom is -0.454 e. The van der Waals surface area contributed by atoms with Crippen LogP contribution in [0.3, 0.4) is 0 Å². The number of aliphatic imine (C=N–C) groups is 2. The number of carbonyl (C=O) groups is 1. The van der Waals surface area contributed by atoms with Crippen molar-refractivity contribution in [3.8, 4) is 0 Å². The van der Waals surface area contributed by atoms with Gasteiger partial charge in [-0.2, -0.15) is 18.2 Å². The molecule has 1 aromatic rings. The van der Waals surface area contributed by atoms with Crippen molar-refractivity contribution in [1.29, 1.82) is 0 Å². The standard InChI is InChI=1S/C18H19ClF4N6O5/c1-16(32)9(34-13(31)10-6(18(21,22)23)2-3-7(19)11(10)20)4-28-14(24)26-8(5-30)12-17(16,28)29(33)15(25)27-12/h2-3,8-9,12,30,32-33H,4-5H2,1H3,(H2,24,26)(H2,25,27). The van der Waals surface area contributed by atoms with Crippen LogP contribution in [0.15, 0.2) is 22.1 Å². The van der Waals surface area contributed by atoms with Crippen LogP contribution in [0, 0.1) is 5.82 Å². The Bertz CT molecular complexity index is 1120. The Hall–Kier alpha value is -2.88. The largest absolute Gasteiger partial charge is 0.454 e. The van der Waals surface area contributed by atoms with Crippen LogP contribution in [0.1, 0.15) is 22.8 Å². The van der Waals surface area contributed by atoms with Crippen molar-refractivity contribution in [2.45, 2.75) is 42.6 Å². The number of ether oxygens (including phenoxy) is 1. The van der Waals surface area contributed by atoms with E-state index in [0.717, 1.165) is 11.8 Å². The highest BCUT2D eigenvalue weighted by Crippen LogP contribution is 2.50. The van der Waals surface area contributed by atoms with Gasteiger partial charge in [-0.25, -0.2) is 19.2 Å². The molecule has 1 saturated heterocycles. The van der Waals surface area contributed by atoms with E-state index in [4.69, 9.17) is 27.8 Å². The molecule has 186 valence electrons. The Labute approximate surface area is 193 Å². The summed E-state index contributed by atoms with van der Waals surface area (Å²) in [4.78, 5) is 22.0. The van der Waals surface area contributed by atoms with Gasteiger partial charge < -0.3 is 31.3 Å². The van der Waals surface area contributed by atoms with Crippen LogP contribution in [-0.2, 0) is 10.9 Å². The van der Waals surface area contributed by atoms with Crippen molar-refractivity contribution in [2.24, 2.45) is 21.5 Å². The van der Waals surface area contributed by atoms with Gasteiger partial charge in [0, 0.05) is 0 Å². The first kappa shape index (κ1) is 24.3. The van der Waals surface area contributed by atoms with Crippen molar-refractivity contribution < 1.29 is 42.5 Å². The molecule has 0 saturated carbocycles. The normalized spacial score (nSPS) is 32.8. The SMILES string of the molecule is CC1(O)C(OC(=O)c2c(C(F)(F)F)ccc(Cl)c2F)CN2C(N)=NC(CO)C3N=C(N)N(O)C321. The molecule has 0 amide bonds. The number of carbonyl (C=O) groups excluding carboxylic acids is 1. The van der Waals surface area contributed by atoms with Gasteiger partial charge in [-0.15, -0.1) is 0 Å². The number of alkyl halides is 3. The predicted molar refractivity (Wildman–Crippen MR) is 107 cm³/mol. The van der Waals surface area contributed by atoms with Gasteiger partial charge in [-0.3, -0.25) is 5.21 Å². The number of halogens is 5. The Morgan fingerprint density at radius 3 is 2.56 bits per heavy atom. The zero-order valence-corrected chi connectivity index (χ0v) is 18.0. The molecule has 16 heteroatoms. The van der Waals surface area contributed by atoms with Gasteiger partial charge >= 0.3 is 12.1 Å². The van der Waals surface area contributed by atoms with Crippen molar-refractivity contribution >= 4 is 29.5 Å². The third-order valence-electron chi connectivity index (χ3n) is 6.34. The number of esters is 1. The molecule has 5 unspecified atom stereocenters. The number of aliphatic hydroxyl groups excluding tert-OH is 1. The summed E-state index contributed by atoms with van der Waals surface area (Å²) >= 11 is 5.58. The third-order valence-corrected chi connectivity index (χ3v) is 6.63. The van der Waals surface area contributed by atoms with E-state index in [1.54, 1.807) is 0 Å². The molecule has 11 nitrogen and oxygen atoms in total. The lowest BCUT2D eigenvalue weighted by Crippen LogP contribution is -2.76. The minimum absolute atomic E-state index is 0.303. The molecule has 3 aliphatic heterocycles. The Morgan fingerprint density at radius 2 is 1.97 bits per heavy atom. The molecular weight excluding hydrogens is 492 g/mol. The number of hydrogen-bond acceptors (Lipinski definition) is 11. The van der Waals surface area contributed by atoms with Gasteiger partial charge in [-0.05, 0) is 19.1 Å². The average molecular weight is 511 g/mol. The van der Waals surface area contributed by atoms with Gasteiger partial charge in [0.2, 0.25) is 11.6 Å². The van der Waals surface area contributed by atoms with Gasteiger partial charge in [0.25, 0.3) is 0 Å². The molecule has 4 rings (SSSR count). The quantitative estimate of drug-likeness (QED) is 0.274. The Kier molecular flexibility index (Phi) is 5.39. The topological polar surface area (TPSA) is 170 Å². The monoisotopic (exact) mass is 510 g/mol. The average Bonchev–Trinajstić information content (AvgIpc) is 3.14. The molecule has 1 aromatic carbocycles. The van der Waals surface area contributed by atoms with E-state index in [1.807, 2.05) is 0 Å². The van der Waals surface area contributed by atoms with Crippen molar-refractivity contribution in [1.82, 2.24) is 9.96 Å². The summed E-state index contributed by atoms with van der Waals surface area (Å²) in [7, 11) is 0. The lowest BCUT2D eigenvalue weighted by Gasteiger charge is -2.51. The maximum Gasteiger partial charge on any atom is 0.417 e. The molecule has 1 fully saturated rings. The molecule has 3 heterocycles. The maximum absolute atomic E-state index is 14.5. The second-order valence-corrected chi connectivity index (χ2v) is 8.55. The van der Waals surface area contributed by atoms with Crippen molar-refractivity contribution in [3.63, 3.8) is 0 Å². The molecule has 0 aliphatic carbocycles. The summed E-state index contributed by atoms with van der Waals surface area (Å²) < 4.78 is 60.0. The molecule has 5 atom stereocenters. The minimum atomic E-state index is -5.12. The predicted octanol–water partition coefficient (Wildman–Crippen LogP) is -0.136. The van der Waals surface area contributed by atoms with Crippen LogP contribution in [0.2, 0.25) is 5.02 Å². The van der Waals surface area contributed by atoms with Crippen LogP contribution in [0.25, 0.3) is 0 Å². The third kappa shape index (κ3) is 3.03. The second kappa shape index (κ2) is 7.56. The maximum atomic E-state index is 14.5. The van der Waals surface area contributed by atoms with Gasteiger partial charge in [0.05, 0.1) is 23.7 Å². The van der Waals surface area contributed by atoms with E-state index in [9.17, 15) is 37.8 Å². The van der Waals surface area contributed by atoms with E-state index < -0.39 is 82.7 Å². The number of nitrogens with zero attached hydrogens (tertiary/aromatic N) is 4. The molecule has 1 spiro atoms. The number of rotatable bonds is 3. The zero-order valence-electron chi connectivity index (χ0n) is 17.3. The van der Waals surface area contributed by atoms with Crippen LogP contribution in [0.5, 0.6) is 0 Å². The Balaban J connectivity index is 1.77. The summed E-state index contributed by atoms with van der Waals surface area (Å²) in [5, 5.41) is 31.6. The van der Waals surface area contributed by atoms with Gasteiger partial charge in [-0.1, -0.05) is 11.6 Å². The summed E-state index contributed by atoms with van der Waals surface area (Å²) in [6.45, 7) is -0.0117. The van der Waals surface area contributed by atoms with Crippen LogP contribution >= 0.6 is 11.6 Å². The fraction of sp³-hybridized carbons (Fsp3) is 0.500. The number of nitrogens with two attached hydrogens (primary N) is 2. The van der Waals surface area contributed by atoms with Gasteiger partial charge in [0.15, 0.2) is 17.9 Å². The summed E-state index contributed by atoms with van der Waals surface area (Å²) in [5.74, 6) is -4.21. The number of hydrogen-bond donors (Lipinski definition) is 5. The highest BCUT2D eigenvalue weighted by atomic mass is 35.5. The molecule has 34 heavy (non-hydrogen) atoms. The first-order chi connectivity index (χ1) is 15.7. The number of aliphatic hydroxyl groups is 2. The molecule has 0 radical (unpaired) electrons. The summed E-state index contributed by atoms with van der Waals surface area (Å²) in [6, 6.07) is -1.23. The van der Waals surface area contributed by atoms with E-state index in [0.29, 0.717) is 17.2 Å². The lowest BCUT2D eigenvalue weighted by atomic mass is 9.79. The smallest absolute Gasteiger partial charge is 0.417 e. The van der Waals surface area contributed by atoms with E-state index in [-0.39, 0.29) is 5.96 Å². The van der Waals surface area contributed by atoms with Crippen LogP contribution in [0.4, 0.5) is 17.6 Å². The first-order valence-corrected chi connectivity index (χ1v) is 10.1. The van der Waals surface area contributed by atoms with Crippen LogP contribution < -0.4 is 11.5 Å². The van der Waals surface area contributed by atoms with Crippen molar-refractivity contribution in [2.75, 3.05) is 13.2 Å². The Morgan fingerprint density at radius 1 is 1.32 bits per heavy atom. The zero-order chi connectivity index (χ0) is 25.4.